The highest BCUT2D eigenvalue weighted by molar-refractivity contribution is 5.84. The van der Waals surface area contributed by atoms with Crippen molar-refractivity contribution < 1.29 is 9.59 Å². The lowest BCUT2D eigenvalue weighted by Crippen LogP contribution is -2.52. The van der Waals surface area contributed by atoms with E-state index in [1.807, 2.05) is 13.8 Å². The van der Waals surface area contributed by atoms with Crippen LogP contribution in [0.5, 0.6) is 0 Å². The van der Waals surface area contributed by atoms with Crippen molar-refractivity contribution >= 4 is 11.8 Å². The van der Waals surface area contributed by atoms with Crippen molar-refractivity contribution in [2.45, 2.75) is 32.9 Å². The Labute approximate surface area is 84.4 Å². The average molecular weight is 201 g/mol. The molecule has 0 aromatic carbocycles. The summed E-state index contributed by atoms with van der Waals surface area (Å²) in [5.41, 5.74) is 5.19. The number of likely N-dealkylation sites (N-methyl/N-ethyl adjacent to an activating group) is 1. The molecule has 4 N–H and O–H groups in total. The summed E-state index contributed by atoms with van der Waals surface area (Å²) in [6.45, 7) is 5.44. The monoisotopic (exact) mass is 201 g/mol. The molecule has 0 rings (SSSR count). The first kappa shape index (κ1) is 12.9. The van der Waals surface area contributed by atoms with E-state index < -0.39 is 18.0 Å². The summed E-state index contributed by atoms with van der Waals surface area (Å²) in [5.74, 6) is -0.521. The van der Waals surface area contributed by atoms with E-state index >= 15 is 0 Å². The van der Waals surface area contributed by atoms with E-state index in [2.05, 4.69) is 10.6 Å². The minimum atomic E-state index is -0.470. The third-order valence-corrected chi connectivity index (χ3v) is 2.04. The number of rotatable bonds is 5. The molecule has 0 aliphatic carbocycles. The number of hydrogen-bond donors (Lipinski definition) is 3. The van der Waals surface area contributed by atoms with E-state index in [-0.39, 0.29) is 11.8 Å². The number of amides is 2. The molecule has 2 amide bonds. The Balaban J connectivity index is 4.30. The molecule has 5 nitrogen and oxygen atoms in total. The van der Waals surface area contributed by atoms with Gasteiger partial charge in [-0.2, -0.15) is 0 Å². The van der Waals surface area contributed by atoms with Crippen molar-refractivity contribution in [1.29, 1.82) is 0 Å². The SMILES string of the molecule is CNC(=O)C(C)NC(C(N)=O)C(C)C. The van der Waals surface area contributed by atoms with Crippen LogP contribution in [-0.2, 0) is 9.59 Å². The van der Waals surface area contributed by atoms with Gasteiger partial charge >= 0.3 is 0 Å². The fourth-order valence-corrected chi connectivity index (χ4v) is 1.16. The van der Waals surface area contributed by atoms with E-state index in [1.165, 1.54) is 0 Å². The molecule has 0 heterocycles. The lowest BCUT2D eigenvalue weighted by atomic mass is 10.0. The number of carbonyl (C=O) groups excluding carboxylic acids is 2. The number of primary amides is 1. The first-order chi connectivity index (χ1) is 6.40. The molecular formula is C9H19N3O2. The normalized spacial score (nSPS) is 14.9. The van der Waals surface area contributed by atoms with Gasteiger partial charge in [0.15, 0.2) is 0 Å². The molecule has 82 valence electrons. The molecule has 0 bridgehead atoms. The maximum absolute atomic E-state index is 11.2. The molecule has 0 aromatic heterocycles. The van der Waals surface area contributed by atoms with Gasteiger partial charge < -0.3 is 11.1 Å². The summed E-state index contributed by atoms with van der Waals surface area (Å²) in [4.78, 5) is 22.2. The molecule has 0 aliphatic rings. The lowest BCUT2D eigenvalue weighted by Gasteiger charge is -2.22. The number of nitrogens with two attached hydrogens (primary N) is 1. The molecule has 0 aromatic rings. The van der Waals surface area contributed by atoms with Gasteiger partial charge in [0.2, 0.25) is 11.8 Å². The van der Waals surface area contributed by atoms with Crippen LogP contribution in [-0.4, -0.2) is 30.9 Å². The molecule has 14 heavy (non-hydrogen) atoms. The predicted octanol–water partition coefficient (Wildman–Crippen LogP) is -0.780. The van der Waals surface area contributed by atoms with Crippen LogP contribution in [0.4, 0.5) is 0 Å². The minimum Gasteiger partial charge on any atom is -0.368 e. The van der Waals surface area contributed by atoms with Crippen LogP contribution in [0.25, 0.3) is 0 Å². The minimum absolute atomic E-state index is 0.0691. The van der Waals surface area contributed by atoms with Crippen molar-refractivity contribution in [3.05, 3.63) is 0 Å². The maximum atomic E-state index is 11.2. The van der Waals surface area contributed by atoms with E-state index in [9.17, 15) is 9.59 Å². The standard InChI is InChI=1S/C9H19N3O2/c1-5(2)7(8(10)13)12-6(3)9(14)11-4/h5-7,12H,1-4H3,(H2,10,13)(H,11,14). The van der Waals surface area contributed by atoms with Crippen LogP contribution in [0.3, 0.4) is 0 Å². The topological polar surface area (TPSA) is 84.2 Å². The molecule has 0 aliphatic heterocycles. The number of carbonyl (C=O) groups is 2. The van der Waals surface area contributed by atoms with Crippen molar-refractivity contribution in [3.63, 3.8) is 0 Å². The summed E-state index contributed by atoms with van der Waals surface area (Å²) in [5, 5.41) is 5.37. The van der Waals surface area contributed by atoms with Gasteiger partial charge in [-0.1, -0.05) is 13.8 Å². The zero-order valence-corrected chi connectivity index (χ0v) is 9.13. The molecular weight excluding hydrogens is 182 g/mol. The fourth-order valence-electron chi connectivity index (χ4n) is 1.16. The highest BCUT2D eigenvalue weighted by Crippen LogP contribution is 2.01. The molecule has 0 fully saturated rings. The zero-order chi connectivity index (χ0) is 11.3. The zero-order valence-electron chi connectivity index (χ0n) is 9.13. The summed E-state index contributed by atoms with van der Waals surface area (Å²) >= 11 is 0. The Bertz CT molecular complexity index is 216. The van der Waals surface area contributed by atoms with Crippen LogP contribution in [0.1, 0.15) is 20.8 Å². The van der Waals surface area contributed by atoms with Crippen molar-refractivity contribution in [2.75, 3.05) is 7.05 Å². The third-order valence-electron chi connectivity index (χ3n) is 2.04. The molecule has 0 spiro atoms. The van der Waals surface area contributed by atoms with Gasteiger partial charge in [0.05, 0.1) is 12.1 Å². The Morgan fingerprint density at radius 1 is 1.21 bits per heavy atom. The van der Waals surface area contributed by atoms with Gasteiger partial charge in [0.25, 0.3) is 0 Å². The van der Waals surface area contributed by atoms with Crippen LogP contribution < -0.4 is 16.4 Å². The Kier molecular flexibility index (Phi) is 5.15. The highest BCUT2D eigenvalue weighted by Gasteiger charge is 2.23. The van der Waals surface area contributed by atoms with Crippen molar-refractivity contribution in [2.24, 2.45) is 11.7 Å². The number of hydrogen-bond acceptors (Lipinski definition) is 3. The number of nitrogens with one attached hydrogen (secondary N) is 2. The van der Waals surface area contributed by atoms with E-state index in [1.54, 1.807) is 14.0 Å². The second-order valence-corrected chi connectivity index (χ2v) is 3.63. The quantitative estimate of drug-likeness (QED) is 0.545. The van der Waals surface area contributed by atoms with E-state index in [0.717, 1.165) is 0 Å². The second kappa shape index (κ2) is 5.59. The lowest BCUT2D eigenvalue weighted by molar-refractivity contribution is -0.124. The predicted molar refractivity (Wildman–Crippen MR) is 54.5 cm³/mol. The van der Waals surface area contributed by atoms with E-state index in [0.29, 0.717) is 0 Å². The van der Waals surface area contributed by atoms with Crippen molar-refractivity contribution in [3.8, 4) is 0 Å². The van der Waals surface area contributed by atoms with Crippen LogP contribution in [0.2, 0.25) is 0 Å². The Hall–Kier alpha value is -1.10. The first-order valence-electron chi connectivity index (χ1n) is 4.67. The molecule has 2 unspecified atom stereocenters. The molecule has 0 radical (unpaired) electrons. The van der Waals surface area contributed by atoms with Crippen molar-refractivity contribution in [1.82, 2.24) is 10.6 Å². The van der Waals surface area contributed by atoms with Gasteiger partial charge in [-0.3, -0.25) is 14.9 Å². The van der Waals surface area contributed by atoms with Gasteiger partial charge in [0.1, 0.15) is 0 Å². The van der Waals surface area contributed by atoms with Gasteiger partial charge in [-0.05, 0) is 12.8 Å². The van der Waals surface area contributed by atoms with Crippen LogP contribution in [0.15, 0.2) is 0 Å². The summed E-state index contributed by atoms with van der Waals surface area (Å²) in [6, 6.07) is -0.887. The molecule has 0 saturated carbocycles. The summed E-state index contributed by atoms with van der Waals surface area (Å²) < 4.78 is 0. The van der Waals surface area contributed by atoms with Gasteiger partial charge in [-0.15, -0.1) is 0 Å². The molecule has 5 heteroatoms. The maximum Gasteiger partial charge on any atom is 0.236 e. The second-order valence-electron chi connectivity index (χ2n) is 3.63. The summed E-state index contributed by atoms with van der Waals surface area (Å²) in [6.07, 6.45) is 0. The fraction of sp³-hybridized carbons (Fsp3) is 0.778. The third kappa shape index (κ3) is 3.74. The van der Waals surface area contributed by atoms with Gasteiger partial charge in [-0.25, -0.2) is 0 Å². The highest BCUT2D eigenvalue weighted by atomic mass is 16.2. The first-order valence-corrected chi connectivity index (χ1v) is 4.67. The average Bonchev–Trinajstić information content (AvgIpc) is 2.11. The van der Waals surface area contributed by atoms with E-state index in [4.69, 9.17) is 5.73 Å². The van der Waals surface area contributed by atoms with Crippen LogP contribution >= 0.6 is 0 Å². The Morgan fingerprint density at radius 2 is 1.71 bits per heavy atom. The molecule has 2 atom stereocenters. The largest absolute Gasteiger partial charge is 0.368 e. The Morgan fingerprint density at radius 3 is 2.00 bits per heavy atom. The van der Waals surface area contributed by atoms with Gasteiger partial charge in [0, 0.05) is 7.05 Å². The molecule has 0 saturated heterocycles. The van der Waals surface area contributed by atoms with Crippen LogP contribution in [0, 0.1) is 5.92 Å². The smallest absolute Gasteiger partial charge is 0.236 e. The summed E-state index contributed by atoms with van der Waals surface area (Å²) in [7, 11) is 1.55.